The summed E-state index contributed by atoms with van der Waals surface area (Å²) in [5.74, 6) is 0. The molecule has 2 rings (SSSR count). The van der Waals surface area contributed by atoms with Gasteiger partial charge >= 0.3 is 0 Å². The molecule has 2 aromatic rings. The normalized spacial score (nSPS) is 12.5. The van der Waals surface area contributed by atoms with E-state index in [2.05, 4.69) is 74.0 Å². The van der Waals surface area contributed by atoms with Crippen LogP contribution in [0.25, 0.3) is 0 Å². The van der Waals surface area contributed by atoms with Gasteiger partial charge < -0.3 is 0 Å². The SMILES string of the molecule is Cc1ccc(C(Cl)c2c(C)cc(C)c(Br)c2C)cc1. The van der Waals surface area contributed by atoms with Crippen LogP contribution in [0.1, 0.15) is 38.8 Å². The summed E-state index contributed by atoms with van der Waals surface area (Å²) in [6.07, 6.45) is 0. The van der Waals surface area contributed by atoms with Crippen molar-refractivity contribution in [3.8, 4) is 0 Å². The Kier molecular flexibility index (Phi) is 4.37. The minimum absolute atomic E-state index is 0.0995. The van der Waals surface area contributed by atoms with Gasteiger partial charge in [0.15, 0.2) is 0 Å². The van der Waals surface area contributed by atoms with E-state index in [0.29, 0.717) is 0 Å². The molecule has 2 heteroatoms. The maximum absolute atomic E-state index is 6.70. The molecule has 2 aromatic carbocycles. The van der Waals surface area contributed by atoms with Gasteiger partial charge in [-0.2, -0.15) is 0 Å². The Labute approximate surface area is 128 Å². The minimum atomic E-state index is -0.0995. The predicted molar refractivity (Wildman–Crippen MR) is 87.2 cm³/mol. The fourth-order valence-electron chi connectivity index (χ4n) is 2.47. The molecule has 19 heavy (non-hydrogen) atoms. The summed E-state index contributed by atoms with van der Waals surface area (Å²) in [4.78, 5) is 0. The molecule has 100 valence electrons. The number of hydrogen-bond acceptors (Lipinski definition) is 0. The lowest BCUT2D eigenvalue weighted by Crippen LogP contribution is -2.02. The van der Waals surface area contributed by atoms with Crippen LogP contribution < -0.4 is 0 Å². The van der Waals surface area contributed by atoms with Crippen LogP contribution >= 0.6 is 27.5 Å². The summed E-state index contributed by atoms with van der Waals surface area (Å²) in [5.41, 5.74) is 7.35. The van der Waals surface area contributed by atoms with Crippen LogP contribution in [0.2, 0.25) is 0 Å². The topological polar surface area (TPSA) is 0 Å². The van der Waals surface area contributed by atoms with Crippen LogP contribution in [0.3, 0.4) is 0 Å². The number of aryl methyl sites for hydroxylation is 3. The molecule has 1 unspecified atom stereocenters. The Morgan fingerprint density at radius 2 is 1.53 bits per heavy atom. The molecule has 0 radical (unpaired) electrons. The van der Waals surface area contributed by atoms with Gasteiger partial charge in [0.25, 0.3) is 0 Å². The molecular formula is C17H18BrCl. The zero-order chi connectivity index (χ0) is 14.2. The lowest BCUT2D eigenvalue weighted by molar-refractivity contribution is 1.06. The Balaban J connectivity index is 2.53. The molecule has 0 N–H and O–H groups in total. The third-order valence-electron chi connectivity index (χ3n) is 3.56. The Bertz CT molecular complexity index is 600. The van der Waals surface area contributed by atoms with E-state index in [-0.39, 0.29) is 5.38 Å². The molecule has 0 fully saturated rings. The van der Waals surface area contributed by atoms with Crippen molar-refractivity contribution in [2.45, 2.75) is 33.1 Å². The van der Waals surface area contributed by atoms with Gasteiger partial charge in [0, 0.05) is 4.47 Å². The third-order valence-corrected chi connectivity index (χ3v) is 5.25. The number of alkyl halides is 1. The average Bonchev–Trinajstić information content (AvgIpc) is 2.37. The monoisotopic (exact) mass is 336 g/mol. The van der Waals surface area contributed by atoms with Crippen molar-refractivity contribution in [1.29, 1.82) is 0 Å². The van der Waals surface area contributed by atoms with Crippen molar-refractivity contribution in [2.24, 2.45) is 0 Å². The maximum atomic E-state index is 6.70. The standard InChI is InChI=1S/C17H18BrCl/c1-10-5-7-14(8-6-10)17(19)15-11(2)9-12(3)16(18)13(15)4/h5-9,17H,1-4H3. The second kappa shape index (κ2) is 5.68. The second-order valence-electron chi connectivity index (χ2n) is 5.14. The van der Waals surface area contributed by atoms with E-state index in [4.69, 9.17) is 11.6 Å². The Morgan fingerprint density at radius 1 is 0.947 bits per heavy atom. The quantitative estimate of drug-likeness (QED) is 0.589. The molecule has 1 atom stereocenters. The van der Waals surface area contributed by atoms with Gasteiger partial charge in [0.05, 0.1) is 5.38 Å². The second-order valence-corrected chi connectivity index (χ2v) is 6.37. The first kappa shape index (κ1) is 14.6. The van der Waals surface area contributed by atoms with Crippen LogP contribution in [0.5, 0.6) is 0 Å². The van der Waals surface area contributed by atoms with Gasteiger partial charge in [-0.15, -0.1) is 11.6 Å². The minimum Gasteiger partial charge on any atom is -0.113 e. The fraction of sp³-hybridized carbons (Fsp3) is 0.294. The molecule has 0 heterocycles. The average molecular weight is 338 g/mol. The van der Waals surface area contributed by atoms with Gasteiger partial charge in [-0.3, -0.25) is 0 Å². The van der Waals surface area contributed by atoms with Gasteiger partial charge in [-0.05, 0) is 55.5 Å². The molecule has 0 aliphatic heterocycles. The molecule has 0 nitrogen and oxygen atoms in total. The van der Waals surface area contributed by atoms with Crippen LogP contribution in [0.4, 0.5) is 0 Å². The Hall–Kier alpha value is -0.790. The van der Waals surface area contributed by atoms with Crippen molar-refractivity contribution < 1.29 is 0 Å². The zero-order valence-electron chi connectivity index (χ0n) is 11.7. The van der Waals surface area contributed by atoms with Gasteiger partial charge in [0.1, 0.15) is 0 Å². The summed E-state index contributed by atoms with van der Waals surface area (Å²) in [7, 11) is 0. The number of halogens is 2. The highest BCUT2D eigenvalue weighted by Crippen LogP contribution is 2.37. The first-order chi connectivity index (χ1) is 8.91. The molecule has 0 bridgehead atoms. The lowest BCUT2D eigenvalue weighted by Gasteiger charge is -2.19. The summed E-state index contributed by atoms with van der Waals surface area (Å²) in [6.45, 7) is 8.46. The molecule has 0 saturated heterocycles. The van der Waals surface area contributed by atoms with E-state index in [1.54, 1.807) is 0 Å². The highest BCUT2D eigenvalue weighted by atomic mass is 79.9. The molecule has 0 amide bonds. The highest BCUT2D eigenvalue weighted by Gasteiger charge is 2.18. The van der Waals surface area contributed by atoms with Gasteiger partial charge in [-0.1, -0.05) is 51.8 Å². The number of rotatable bonds is 2. The van der Waals surface area contributed by atoms with Gasteiger partial charge in [-0.25, -0.2) is 0 Å². The molecular weight excluding hydrogens is 320 g/mol. The first-order valence-electron chi connectivity index (χ1n) is 6.38. The number of benzene rings is 2. The molecule has 0 saturated carbocycles. The van der Waals surface area contributed by atoms with Crippen LogP contribution in [-0.2, 0) is 0 Å². The maximum Gasteiger partial charge on any atom is 0.0840 e. The smallest absolute Gasteiger partial charge is 0.0840 e. The largest absolute Gasteiger partial charge is 0.113 e. The van der Waals surface area contributed by atoms with Crippen molar-refractivity contribution in [3.63, 3.8) is 0 Å². The van der Waals surface area contributed by atoms with Crippen molar-refractivity contribution in [3.05, 3.63) is 68.2 Å². The van der Waals surface area contributed by atoms with E-state index < -0.39 is 0 Å². The van der Waals surface area contributed by atoms with Crippen molar-refractivity contribution in [1.82, 2.24) is 0 Å². The summed E-state index contributed by atoms with van der Waals surface area (Å²) in [6, 6.07) is 10.6. The van der Waals surface area contributed by atoms with E-state index in [0.717, 1.165) is 10.0 Å². The van der Waals surface area contributed by atoms with E-state index in [1.165, 1.54) is 27.8 Å². The zero-order valence-corrected chi connectivity index (χ0v) is 14.1. The van der Waals surface area contributed by atoms with Crippen LogP contribution in [-0.4, -0.2) is 0 Å². The van der Waals surface area contributed by atoms with Crippen LogP contribution in [0, 0.1) is 27.7 Å². The fourth-order valence-corrected chi connectivity index (χ4v) is 3.28. The van der Waals surface area contributed by atoms with E-state index in [1.807, 2.05) is 0 Å². The lowest BCUT2D eigenvalue weighted by atomic mass is 9.93. The summed E-state index contributed by atoms with van der Waals surface area (Å²) in [5, 5.41) is -0.0995. The third kappa shape index (κ3) is 2.88. The predicted octanol–water partition coefficient (Wildman–Crippen LogP) is 6.01. The van der Waals surface area contributed by atoms with E-state index >= 15 is 0 Å². The van der Waals surface area contributed by atoms with Crippen molar-refractivity contribution >= 4 is 27.5 Å². The molecule has 0 aromatic heterocycles. The molecule has 0 aliphatic rings. The molecule has 0 aliphatic carbocycles. The van der Waals surface area contributed by atoms with Crippen LogP contribution in [0.15, 0.2) is 34.8 Å². The summed E-state index contributed by atoms with van der Waals surface area (Å²) < 4.78 is 1.16. The first-order valence-corrected chi connectivity index (χ1v) is 7.61. The molecule has 0 spiro atoms. The Morgan fingerprint density at radius 3 is 2.11 bits per heavy atom. The number of hydrogen-bond donors (Lipinski definition) is 0. The highest BCUT2D eigenvalue weighted by molar-refractivity contribution is 9.10. The van der Waals surface area contributed by atoms with Gasteiger partial charge in [0.2, 0.25) is 0 Å². The van der Waals surface area contributed by atoms with E-state index in [9.17, 15) is 0 Å². The van der Waals surface area contributed by atoms with Crippen molar-refractivity contribution in [2.75, 3.05) is 0 Å². The summed E-state index contributed by atoms with van der Waals surface area (Å²) >= 11 is 10.4.